The molecule has 5 nitrogen and oxygen atoms in total. The third-order valence-corrected chi connectivity index (χ3v) is 6.06. The number of hydroxylamine groups is 2. The van der Waals surface area contributed by atoms with E-state index in [9.17, 15) is 0 Å². The number of hydrogen-bond donors (Lipinski definition) is 0. The lowest BCUT2D eigenvalue weighted by atomic mass is 9.93. The molecular weight excluding hydrogens is 438 g/mol. The van der Waals surface area contributed by atoms with Gasteiger partial charge >= 0.3 is 0 Å². The lowest BCUT2D eigenvalue weighted by molar-refractivity contribution is -0.240. The Morgan fingerprint density at radius 3 is 1.83 bits per heavy atom. The molecule has 0 N–H and O–H groups in total. The zero-order valence-electron chi connectivity index (χ0n) is 20.2. The fraction of sp³-hybridized carbons (Fsp3) is 0.333. The van der Waals surface area contributed by atoms with E-state index in [1.807, 2.05) is 59.7 Å². The first kappa shape index (κ1) is 25.3. The highest BCUT2D eigenvalue weighted by Gasteiger charge is 2.39. The molecule has 1 heterocycles. The molecule has 0 saturated carbocycles. The third-order valence-electron chi connectivity index (χ3n) is 6.06. The number of nitrogens with zero attached hydrogens (tertiary/aromatic N) is 1. The van der Waals surface area contributed by atoms with Crippen LogP contribution in [-0.4, -0.2) is 43.6 Å². The second-order valence-corrected chi connectivity index (χ2v) is 8.79. The molecule has 1 fully saturated rings. The average Bonchev–Trinajstić information content (AvgIpc) is 2.92. The monoisotopic (exact) mass is 473 g/mol. The molecule has 35 heavy (non-hydrogen) atoms. The summed E-state index contributed by atoms with van der Waals surface area (Å²) in [6.07, 6.45) is 1.47. The molecule has 0 spiro atoms. The van der Waals surface area contributed by atoms with Gasteiger partial charge in [0.05, 0.1) is 51.8 Å². The Balaban J connectivity index is 1.47. The maximum Gasteiger partial charge on any atom is 0.0995 e. The molecule has 1 aliphatic rings. The van der Waals surface area contributed by atoms with Crippen molar-refractivity contribution in [3.63, 3.8) is 0 Å². The van der Waals surface area contributed by atoms with Gasteiger partial charge in [-0.1, -0.05) is 97.1 Å². The number of rotatable bonds is 13. The molecule has 5 heteroatoms. The summed E-state index contributed by atoms with van der Waals surface area (Å²) >= 11 is 0. The summed E-state index contributed by atoms with van der Waals surface area (Å²) in [5.74, 6) is 0.0850. The highest BCUT2D eigenvalue weighted by atomic mass is 16.7. The second kappa shape index (κ2) is 13.9. The Kier molecular flexibility index (Phi) is 10.1. The van der Waals surface area contributed by atoms with E-state index in [-0.39, 0.29) is 18.1 Å². The van der Waals surface area contributed by atoms with Gasteiger partial charge in [0.15, 0.2) is 0 Å². The molecule has 0 radical (unpaired) electrons. The van der Waals surface area contributed by atoms with Crippen molar-refractivity contribution < 1.29 is 19.0 Å². The van der Waals surface area contributed by atoms with E-state index >= 15 is 0 Å². The number of benzene rings is 3. The van der Waals surface area contributed by atoms with Crippen LogP contribution in [0.4, 0.5) is 0 Å². The zero-order valence-corrected chi connectivity index (χ0v) is 20.2. The van der Waals surface area contributed by atoms with Crippen molar-refractivity contribution in [3.8, 4) is 0 Å². The molecule has 3 aromatic carbocycles. The Hall–Kier alpha value is -2.80. The van der Waals surface area contributed by atoms with Gasteiger partial charge in [-0.05, 0) is 16.7 Å². The molecule has 3 atom stereocenters. The van der Waals surface area contributed by atoms with Crippen molar-refractivity contribution in [1.82, 2.24) is 5.06 Å². The third kappa shape index (κ3) is 8.13. The first-order chi connectivity index (χ1) is 17.3. The predicted octanol–water partition coefficient (Wildman–Crippen LogP) is 5.42. The molecule has 0 unspecified atom stereocenters. The lowest BCUT2D eigenvalue weighted by Crippen LogP contribution is -2.55. The van der Waals surface area contributed by atoms with Crippen LogP contribution in [0, 0.1) is 5.92 Å². The molecule has 0 aliphatic carbocycles. The van der Waals surface area contributed by atoms with Gasteiger partial charge in [-0.2, -0.15) is 5.06 Å². The first-order valence-corrected chi connectivity index (χ1v) is 12.2. The van der Waals surface area contributed by atoms with Gasteiger partial charge in [0, 0.05) is 12.5 Å². The van der Waals surface area contributed by atoms with Crippen LogP contribution in [0.1, 0.15) is 16.7 Å². The fourth-order valence-electron chi connectivity index (χ4n) is 4.30. The minimum Gasteiger partial charge on any atom is -0.376 e. The van der Waals surface area contributed by atoms with Crippen molar-refractivity contribution in [2.75, 3.05) is 26.3 Å². The SMILES string of the molecule is C=CCON1C[C@H](COCc2ccccc2)[C@@H](OCc2ccccc2)[C@H](OCc2ccccc2)C1. The van der Waals surface area contributed by atoms with E-state index in [2.05, 4.69) is 43.0 Å². The van der Waals surface area contributed by atoms with E-state index in [4.69, 9.17) is 19.0 Å². The molecule has 3 aromatic rings. The quantitative estimate of drug-likeness (QED) is 0.310. The van der Waals surface area contributed by atoms with E-state index in [0.717, 1.165) is 16.7 Å². The number of piperidine rings is 1. The first-order valence-electron chi connectivity index (χ1n) is 12.2. The summed E-state index contributed by atoms with van der Waals surface area (Å²) in [7, 11) is 0. The molecule has 0 bridgehead atoms. The summed E-state index contributed by atoms with van der Waals surface area (Å²) in [5, 5.41) is 1.97. The maximum atomic E-state index is 6.53. The number of hydrogen-bond acceptors (Lipinski definition) is 5. The van der Waals surface area contributed by atoms with Gasteiger partial charge in [0.25, 0.3) is 0 Å². The highest BCUT2D eigenvalue weighted by Crippen LogP contribution is 2.26. The van der Waals surface area contributed by atoms with Crippen molar-refractivity contribution in [2.24, 2.45) is 5.92 Å². The highest BCUT2D eigenvalue weighted by molar-refractivity contribution is 5.15. The summed E-state index contributed by atoms with van der Waals surface area (Å²) in [4.78, 5) is 5.94. The smallest absolute Gasteiger partial charge is 0.0995 e. The van der Waals surface area contributed by atoms with Gasteiger partial charge < -0.3 is 14.2 Å². The summed E-state index contributed by atoms with van der Waals surface area (Å²) in [5.41, 5.74) is 3.43. The van der Waals surface area contributed by atoms with Gasteiger partial charge in [-0.25, -0.2) is 0 Å². The zero-order chi connectivity index (χ0) is 24.1. The van der Waals surface area contributed by atoms with Crippen LogP contribution < -0.4 is 0 Å². The van der Waals surface area contributed by atoms with Gasteiger partial charge in [0.1, 0.15) is 0 Å². The van der Waals surface area contributed by atoms with Gasteiger partial charge in [-0.15, -0.1) is 6.58 Å². The lowest BCUT2D eigenvalue weighted by Gasteiger charge is -2.42. The maximum absolute atomic E-state index is 6.53. The standard InChI is InChI=1S/C30H35NO4/c1-2-18-35-31-19-28(24-32-21-25-12-6-3-7-13-25)30(34-23-27-16-10-5-11-17-27)29(20-31)33-22-26-14-8-4-9-15-26/h2-17,28-30H,1,18-24H2/t28-,29-,30-/m1/s1. The van der Waals surface area contributed by atoms with Crippen LogP contribution in [-0.2, 0) is 38.9 Å². The van der Waals surface area contributed by atoms with Crippen LogP contribution in [0.5, 0.6) is 0 Å². The minimum atomic E-state index is -0.164. The Bertz CT molecular complexity index is 983. The number of ether oxygens (including phenoxy) is 3. The van der Waals surface area contributed by atoms with Crippen LogP contribution in [0.25, 0.3) is 0 Å². The molecule has 1 aliphatic heterocycles. The van der Waals surface area contributed by atoms with Crippen LogP contribution in [0.2, 0.25) is 0 Å². The topological polar surface area (TPSA) is 40.2 Å². The van der Waals surface area contributed by atoms with E-state index in [1.165, 1.54) is 0 Å². The normalized spacial score (nSPS) is 20.5. The van der Waals surface area contributed by atoms with Crippen LogP contribution >= 0.6 is 0 Å². The molecule has 0 amide bonds. The van der Waals surface area contributed by atoms with Crippen LogP contribution in [0.3, 0.4) is 0 Å². The minimum absolute atomic E-state index is 0.0850. The largest absolute Gasteiger partial charge is 0.376 e. The molecule has 4 rings (SSSR count). The van der Waals surface area contributed by atoms with Crippen molar-refractivity contribution in [2.45, 2.75) is 32.0 Å². The van der Waals surface area contributed by atoms with Crippen molar-refractivity contribution in [3.05, 3.63) is 120 Å². The fourth-order valence-corrected chi connectivity index (χ4v) is 4.30. The Morgan fingerprint density at radius 2 is 1.26 bits per heavy atom. The average molecular weight is 474 g/mol. The van der Waals surface area contributed by atoms with E-state index in [0.29, 0.717) is 46.1 Å². The van der Waals surface area contributed by atoms with E-state index in [1.54, 1.807) is 6.08 Å². The Morgan fingerprint density at radius 1 is 0.714 bits per heavy atom. The summed E-state index contributed by atoms with van der Waals surface area (Å²) in [6, 6.07) is 30.7. The van der Waals surface area contributed by atoms with Crippen molar-refractivity contribution >= 4 is 0 Å². The van der Waals surface area contributed by atoms with E-state index < -0.39 is 0 Å². The molecular formula is C30H35NO4. The van der Waals surface area contributed by atoms with Gasteiger partial charge in [-0.3, -0.25) is 4.84 Å². The molecule has 1 saturated heterocycles. The Labute approximate surface area is 208 Å². The van der Waals surface area contributed by atoms with Gasteiger partial charge in [0.2, 0.25) is 0 Å². The van der Waals surface area contributed by atoms with Crippen LogP contribution in [0.15, 0.2) is 104 Å². The second-order valence-electron chi connectivity index (χ2n) is 8.79. The summed E-state index contributed by atoms with van der Waals surface area (Å²) in [6.45, 7) is 7.72. The predicted molar refractivity (Wildman–Crippen MR) is 137 cm³/mol. The molecule has 0 aromatic heterocycles. The van der Waals surface area contributed by atoms with Crippen molar-refractivity contribution in [1.29, 1.82) is 0 Å². The summed E-state index contributed by atoms with van der Waals surface area (Å²) < 4.78 is 19.1. The molecule has 184 valence electrons.